The normalized spacial score (nSPS) is 22.4. The van der Waals surface area contributed by atoms with Gasteiger partial charge in [-0.1, -0.05) is 12.1 Å². The quantitative estimate of drug-likeness (QED) is 0.480. The minimum absolute atomic E-state index is 0.226. The predicted molar refractivity (Wildman–Crippen MR) is 162 cm³/mol. The molecule has 0 radical (unpaired) electrons. The van der Waals surface area contributed by atoms with Gasteiger partial charge in [-0.25, -0.2) is 9.97 Å². The van der Waals surface area contributed by atoms with E-state index in [0.29, 0.717) is 52.1 Å². The van der Waals surface area contributed by atoms with Crippen LogP contribution in [0, 0.1) is 0 Å². The van der Waals surface area contributed by atoms with Crippen LogP contribution in [0.1, 0.15) is 48.2 Å². The SMILES string of the molecule is COc1ccc2cc1CNCCCCC(=O)[C@@H]1C[C@@H](O)CN1Cc1cc(ccc1N1CCOCC1)Cc1nccc-2n1. The Morgan fingerprint density at radius 3 is 2.81 bits per heavy atom. The van der Waals surface area contributed by atoms with Crippen molar-refractivity contribution in [3.05, 3.63) is 71.2 Å². The molecule has 2 saturated heterocycles. The molecule has 9 nitrogen and oxygen atoms in total. The summed E-state index contributed by atoms with van der Waals surface area (Å²) in [5.41, 5.74) is 6.43. The Bertz CT molecular complexity index is 1390. The second kappa shape index (κ2) is 13.3. The molecule has 3 aliphatic rings. The van der Waals surface area contributed by atoms with Crippen LogP contribution in [0.15, 0.2) is 48.7 Å². The lowest BCUT2D eigenvalue weighted by atomic mass is 10.0. The molecule has 222 valence electrons. The minimum atomic E-state index is -0.488. The van der Waals surface area contributed by atoms with Crippen molar-refractivity contribution in [2.45, 2.75) is 57.3 Å². The first-order valence-corrected chi connectivity index (χ1v) is 15.2. The van der Waals surface area contributed by atoms with Crippen LogP contribution in [0.4, 0.5) is 5.69 Å². The summed E-state index contributed by atoms with van der Waals surface area (Å²) in [6.07, 6.45) is 4.69. The zero-order valence-electron chi connectivity index (χ0n) is 24.4. The lowest BCUT2D eigenvalue weighted by Crippen LogP contribution is -2.39. The molecule has 2 N–H and O–H groups in total. The number of methoxy groups -OCH3 is 1. The molecule has 0 spiro atoms. The van der Waals surface area contributed by atoms with Crippen LogP contribution in [0.5, 0.6) is 5.75 Å². The fourth-order valence-corrected chi connectivity index (χ4v) is 6.44. The Labute approximate surface area is 247 Å². The predicted octanol–water partition coefficient (Wildman–Crippen LogP) is 3.36. The summed E-state index contributed by atoms with van der Waals surface area (Å²) in [6.45, 7) is 5.68. The number of nitrogens with zero attached hydrogens (tertiary/aromatic N) is 4. The molecule has 42 heavy (non-hydrogen) atoms. The number of fused-ring (bicyclic) bond motifs is 8. The van der Waals surface area contributed by atoms with Gasteiger partial charge in [-0.05, 0) is 67.3 Å². The number of nitrogens with one attached hydrogen (secondary N) is 1. The van der Waals surface area contributed by atoms with Crippen LogP contribution in [-0.2, 0) is 29.0 Å². The average molecular weight is 572 g/mol. The lowest BCUT2D eigenvalue weighted by Gasteiger charge is -2.32. The Kier molecular flexibility index (Phi) is 9.09. The molecule has 2 atom stereocenters. The molecule has 3 aliphatic heterocycles. The first-order chi connectivity index (χ1) is 20.6. The van der Waals surface area contributed by atoms with E-state index in [1.54, 1.807) is 7.11 Å². The van der Waals surface area contributed by atoms with Gasteiger partial charge in [0.15, 0.2) is 0 Å². The van der Waals surface area contributed by atoms with Gasteiger partial charge in [-0.3, -0.25) is 9.69 Å². The van der Waals surface area contributed by atoms with Crippen LogP contribution in [0.2, 0.25) is 0 Å². The third-order valence-electron chi connectivity index (χ3n) is 8.61. The fourth-order valence-electron chi connectivity index (χ4n) is 6.44. The fraction of sp³-hybridized carbons (Fsp3) is 0.485. The number of aliphatic hydroxyl groups excluding tert-OH is 1. The van der Waals surface area contributed by atoms with Crippen molar-refractivity contribution in [1.82, 2.24) is 20.2 Å². The number of hydrogen-bond acceptors (Lipinski definition) is 9. The molecule has 0 aliphatic carbocycles. The van der Waals surface area contributed by atoms with Gasteiger partial charge in [0, 0.05) is 68.6 Å². The number of ketones is 1. The molecule has 0 saturated carbocycles. The molecule has 4 heterocycles. The van der Waals surface area contributed by atoms with Crippen molar-refractivity contribution >= 4 is 11.5 Å². The molecule has 0 amide bonds. The maximum atomic E-state index is 13.4. The Hall–Kier alpha value is -3.37. The highest BCUT2D eigenvalue weighted by atomic mass is 16.5. The highest BCUT2D eigenvalue weighted by molar-refractivity contribution is 5.84. The van der Waals surface area contributed by atoms with E-state index in [-0.39, 0.29) is 11.8 Å². The number of carbonyl (C=O) groups excluding carboxylic acids is 1. The van der Waals surface area contributed by atoms with Gasteiger partial charge in [-0.15, -0.1) is 0 Å². The highest BCUT2D eigenvalue weighted by Crippen LogP contribution is 2.30. The first-order valence-electron chi connectivity index (χ1n) is 15.2. The van der Waals surface area contributed by atoms with E-state index in [2.05, 4.69) is 44.4 Å². The van der Waals surface area contributed by atoms with Crippen LogP contribution in [0.25, 0.3) is 11.3 Å². The number of carbonyl (C=O) groups is 1. The Morgan fingerprint density at radius 2 is 1.95 bits per heavy atom. The van der Waals surface area contributed by atoms with E-state index in [1.165, 1.54) is 5.69 Å². The van der Waals surface area contributed by atoms with Crippen molar-refractivity contribution in [3.63, 3.8) is 0 Å². The number of anilines is 1. The third-order valence-corrected chi connectivity index (χ3v) is 8.61. The summed E-state index contributed by atoms with van der Waals surface area (Å²) in [6, 6.07) is 14.5. The number of Topliss-reactive ketones (excluding diaryl/α,β-unsaturated/α-hetero) is 1. The molecular formula is C33H41N5O4. The van der Waals surface area contributed by atoms with Crippen molar-refractivity contribution in [3.8, 4) is 17.0 Å². The molecule has 6 bridgehead atoms. The number of morpholine rings is 1. The summed E-state index contributed by atoms with van der Waals surface area (Å²) < 4.78 is 11.3. The van der Waals surface area contributed by atoms with Gasteiger partial charge in [0.05, 0.1) is 38.2 Å². The van der Waals surface area contributed by atoms with Gasteiger partial charge in [0.1, 0.15) is 17.4 Å². The van der Waals surface area contributed by atoms with E-state index in [9.17, 15) is 9.90 Å². The standard InChI is InChI=1S/C33H41N5O4/c1-41-32-8-6-24-18-25(32)20-34-10-3-2-4-31(40)30-19-27(39)22-38(30)21-26-16-23(17-33-35-11-9-28(24)36-33)5-7-29(26)37-12-14-42-15-13-37/h5-9,11,16,18,27,30,34,39H,2-4,10,12-15,17,19-22H2,1H3/t27-,30+/m1/s1. The number of ether oxygens (including phenoxy) is 2. The summed E-state index contributed by atoms with van der Waals surface area (Å²) in [7, 11) is 1.69. The van der Waals surface area contributed by atoms with Gasteiger partial charge in [0.25, 0.3) is 0 Å². The highest BCUT2D eigenvalue weighted by Gasteiger charge is 2.36. The largest absolute Gasteiger partial charge is 0.496 e. The van der Waals surface area contributed by atoms with Crippen LogP contribution in [-0.4, -0.2) is 84.4 Å². The third kappa shape index (κ3) is 6.65. The van der Waals surface area contributed by atoms with E-state index in [4.69, 9.17) is 14.5 Å². The molecule has 2 fully saturated rings. The second-order valence-electron chi connectivity index (χ2n) is 11.6. The van der Waals surface area contributed by atoms with Crippen LogP contribution < -0.4 is 15.0 Å². The van der Waals surface area contributed by atoms with Gasteiger partial charge in [-0.2, -0.15) is 0 Å². The molecule has 2 aromatic carbocycles. The van der Waals surface area contributed by atoms with E-state index >= 15 is 0 Å². The summed E-state index contributed by atoms with van der Waals surface area (Å²) >= 11 is 0. The van der Waals surface area contributed by atoms with E-state index in [1.807, 2.05) is 24.4 Å². The van der Waals surface area contributed by atoms with Gasteiger partial charge < -0.3 is 24.8 Å². The molecule has 9 heteroatoms. The second-order valence-corrected chi connectivity index (χ2v) is 11.6. The smallest absolute Gasteiger partial charge is 0.150 e. The summed E-state index contributed by atoms with van der Waals surface area (Å²) in [4.78, 5) is 27.5. The van der Waals surface area contributed by atoms with Crippen LogP contribution in [0.3, 0.4) is 0 Å². The monoisotopic (exact) mass is 571 g/mol. The van der Waals surface area contributed by atoms with Crippen molar-refractivity contribution < 1.29 is 19.4 Å². The average Bonchev–Trinajstić information content (AvgIpc) is 3.38. The van der Waals surface area contributed by atoms with Crippen molar-refractivity contribution in [2.75, 3.05) is 51.4 Å². The summed E-state index contributed by atoms with van der Waals surface area (Å²) in [5, 5.41) is 14.1. The maximum absolute atomic E-state index is 13.4. The zero-order valence-corrected chi connectivity index (χ0v) is 24.4. The Morgan fingerprint density at radius 1 is 1.07 bits per heavy atom. The molecule has 1 aromatic heterocycles. The molecular weight excluding hydrogens is 530 g/mol. The van der Waals surface area contributed by atoms with Crippen LogP contribution >= 0.6 is 0 Å². The van der Waals surface area contributed by atoms with Gasteiger partial charge >= 0.3 is 0 Å². The van der Waals surface area contributed by atoms with Crippen molar-refractivity contribution in [2.24, 2.45) is 0 Å². The zero-order chi connectivity index (χ0) is 28.9. The topological polar surface area (TPSA) is 100 Å². The van der Waals surface area contributed by atoms with Gasteiger partial charge in [0.2, 0.25) is 0 Å². The summed E-state index contributed by atoms with van der Waals surface area (Å²) in [5.74, 6) is 1.82. The molecule has 3 aromatic rings. The number of aromatic nitrogens is 2. The molecule has 6 rings (SSSR count). The van der Waals surface area contributed by atoms with E-state index in [0.717, 1.165) is 72.0 Å². The van der Waals surface area contributed by atoms with E-state index < -0.39 is 6.10 Å². The molecule has 0 unspecified atom stereocenters. The number of hydrogen-bond donors (Lipinski definition) is 2. The Balaban J connectivity index is 1.36. The van der Waals surface area contributed by atoms with Crippen molar-refractivity contribution in [1.29, 1.82) is 0 Å². The lowest BCUT2D eigenvalue weighted by molar-refractivity contribution is -0.123. The maximum Gasteiger partial charge on any atom is 0.150 e. The minimum Gasteiger partial charge on any atom is -0.496 e. The number of aliphatic hydroxyl groups is 1. The first kappa shape index (κ1) is 28.7. The number of rotatable bonds is 2. The number of benzene rings is 2.